The smallest absolute Gasteiger partial charge is 0.269 e. The Hall–Kier alpha value is -5.31. The number of nitrogens with one attached hydrogen (secondary N) is 2. The highest BCUT2D eigenvalue weighted by Crippen LogP contribution is 2.15. The van der Waals surface area contributed by atoms with Gasteiger partial charge in [-0.1, -0.05) is 23.7 Å². The Morgan fingerprint density at radius 3 is 1.75 bits per heavy atom. The predicted molar refractivity (Wildman–Crippen MR) is 233 cm³/mol. The molecule has 21 heteroatoms. The molecule has 20 nitrogen and oxygen atoms in total. The number of halogens is 1. The fraction of sp³-hybridized carbons (Fsp3) is 0.579. The predicted octanol–water partition coefficient (Wildman–Crippen LogP) is -0.808. The zero-order chi connectivity index (χ0) is 43.4. The zero-order valence-electron chi connectivity index (χ0n) is 34.0. The van der Waals surface area contributed by atoms with Crippen molar-refractivity contribution in [3.05, 3.63) is 52.6 Å². The van der Waals surface area contributed by atoms with E-state index in [0.29, 0.717) is 84.6 Å². The van der Waals surface area contributed by atoms with Gasteiger partial charge in [0.05, 0.1) is 18.3 Å². The Morgan fingerprint density at radius 2 is 1.22 bits per heavy atom. The normalized spacial score (nSPS) is 12.4. The van der Waals surface area contributed by atoms with Crippen molar-refractivity contribution in [2.75, 3.05) is 59.0 Å². The summed E-state index contributed by atoms with van der Waals surface area (Å²) < 4.78 is 6.08. The van der Waals surface area contributed by atoms with Crippen molar-refractivity contribution < 1.29 is 19.1 Å². The number of unbranched alkanes of at least 4 members (excludes halogenated alkanes) is 3. The number of guanidine groups is 2. The molecule has 0 fully saturated rings. The van der Waals surface area contributed by atoms with E-state index in [0.717, 1.165) is 56.3 Å². The van der Waals surface area contributed by atoms with Crippen LogP contribution in [0.15, 0.2) is 45.4 Å². The van der Waals surface area contributed by atoms with Gasteiger partial charge in [-0.15, -0.1) is 0 Å². The number of nitrogens with zero attached hydrogens (tertiary/aromatic N) is 6. The molecule has 0 spiro atoms. The average molecular weight is 845 g/mol. The number of amides is 3. The van der Waals surface area contributed by atoms with Gasteiger partial charge in [0, 0.05) is 39.3 Å². The van der Waals surface area contributed by atoms with Crippen LogP contribution in [0.1, 0.15) is 86.0 Å². The summed E-state index contributed by atoms with van der Waals surface area (Å²) in [5.74, 6) is -0.246. The molecule has 328 valence electrons. The van der Waals surface area contributed by atoms with Gasteiger partial charge in [-0.3, -0.25) is 34.3 Å². The number of nitrogens with two attached hydrogens (primary N) is 8. The summed E-state index contributed by atoms with van der Waals surface area (Å²) in [6, 6.07) is 6.74. The highest BCUT2D eigenvalue weighted by molar-refractivity contribution is 6.29. The maximum Gasteiger partial charge on any atom is 0.269 e. The second kappa shape index (κ2) is 29.0. The first-order chi connectivity index (χ1) is 28.3. The van der Waals surface area contributed by atoms with E-state index in [-0.39, 0.29) is 46.1 Å². The van der Waals surface area contributed by atoms with Crippen molar-refractivity contribution in [1.82, 2.24) is 25.5 Å². The summed E-state index contributed by atoms with van der Waals surface area (Å²) >= 11 is 5.82. The monoisotopic (exact) mass is 845 g/mol. The van der Waals surface area contributed by atoms with Crippen LogP contribution < -0.4 is 61.2 Å². The van der Waals surface area contributed by atoms with Gasteiger partial charge in [-0.25, -0.2) is 9.97 Å². The van der Waals surface area contributed by atoms with Gasteiger partial charge >= 0.3 is 0 Å². The summed E-state index contributed by atoms with van der Waals surface area (Å²) in [6.07, 6.45) is 9.19. The van der Waals surface area contributed by atoms with Gasteiger partial charge in [-0.2, -0.15) is 0 Å². The van der Waals surface area contributed by atoms with Gasteiger partial charge in [-0.05, 0) is 101 Å². The second-order valence-corrected chi connectivity index (χ2v) is 14.3. The lowest BCUT2D eigenvalue weighted by Gasteiger charge is -2.23. The van der Waals surface area contributed by atoms with Crippen molar-refractivity contribution in [3.8, 4) is 5.75 Å². The third kappa shape index (κ3) is 22.4. The quantitative estimate of drug-likeness (QED) is 0.0252. The topological polar surface area (TPSA) is 359 Å². The van der Waals surface area contributed by atoms with E-state index < -0.39 is 18.0 Å². The molecule has 0 aliphatic carbocycles. The molecular weight excluding hydrogens is 780 g/mol. The lowest BCUT2D eigenvalue weighted by atomic mass is 10.1. The summed E-state index contributed by atoms with van der Waals surface area (Å²) in [6.45, 7) is 4.88. The van der Waals surface area contributed by atoms with E-state index in [1.165, 1.54) is 6.20 Å². The Balaban J connectivity index is 1.81. The summed E-state index contributed by atoms with van der Waals surface area (Å²) in [5.41, 5.74) is 46.1. The lowest BCUT2D eigenvalue weighted by Crippen LogP contribution is -2.42. The van der Waals surface area contributed by atoms with E-state index in [4.69, 9.17) is 62.2 Å². The van der Waals surface area contributed by atoms with Crippen molar-refractivity contribution in [2.24, 2.45) is 60.8 Å². The first kappa shape index (κ1) is 49.8. The minimum absolute atomic E-state index is 0.0387. The number of primary amides is 1. The van der Waals surface area contributed by atoms with Gasteiger partial charge < -0.3 is 61.2 Å². The van der Waals surface area contributed by atoms with Crippen LogP contribution in [0, 0.1) is 0 Å². The third-order valence-electron chi connectivity index (χ3n) is 8.98. The van der Waals surface area contributed by atoms with Crippen LogP contribution in [-0.2, 0) is 16.0 Å². The van der Waals surface area contributed by atoms with Crippen LogP contribution in [0.4, 0.5) is 0 Å². The minimum Gasteiger partial charge on any atom is -0.492 e. The molecule has 2 aromatic rings. The Kier molecular flexibility index (Phi) is 24.5. The number of benzene rings is 1. The average Bonchev–Trinajstić information content (AvgIpc) is 3.20. The van der Waals surface area contributed by atoms with Crippen LogP contribution in [-0.4, -0.2) is 121 Å². The van der Waals surface area contributed by atoms with Crippen LogP contribution >= 0.6 is 11.6 Å². The number of aliphatic imine (C=N–C) groups is 3. The summed E-state index contributed by atoms with van der Waals surface area (Å²) in [7, 11) is 0. The SMILES string of the molecule is NC(=O)c1nc(Cl)cnc1C(N)=NCCCCc1ccc(OCCN(CCCNC(=O)[C@H](N)CCCCN=C(N)N)CCCNC(=O)[C@@H](N)CCCCN=C(N)N)cc1. The second-order valence-electron chi connectivity index (χ2n) is 13.9. The molecule has 0 radical (unpaired) electrons. The van der Waals surface area contributed by atoms with E-state index in [2.05, 4.69) is 40.5 Å². The molecule has 1 aromatic heterocycles. The van der Waals surface area contributed by atoms with Crippen LogP contribution in [0.3, 0.4) is 0 Å². The van der Waals surface area contributed by atoms with Crippen molar-refractivity contribution >= 4 is 47.1 Å². The van der Waals surface area contributed by atoms with E-state index in [9.17, 15) is 14.4 Å². The largest absolute Gasteiger partial charge is 0.492 e. The van der Waals surface area contributed by atoms with Gasteiger partial charge in [0.2, 0.25) is 11.8 Å². The minimum atomic E-state index is -0.786. The number of rotatable bonds is 31. The Bertz CT molecular complexity index is 1600. The maximum atomic E-state index is 12.5. The van der Waals surface area contributed by atoms with E-state index in [1.54, 1.807) is 0 Å². The molecule has 59 heavy (non-hydrogen) atoms. The number of carbonyl (C=O) groups is 3. The fourth-order valence-corrected chi connectivity index (χ4v) is 5.88. The van der Waals surface area contributed by atoms with Crippen molar-refractivity contribution in [2.45, 2.75) is 82.7 Å². The maximum absolute atomic E-state index is 12.5. The molecular formula is C38H65ClN16O4. The fourth-order valence-electron chi connectivity index (χ4n) is 5.74. The van der Waals surface area contributed by atoms with Crippen LogP contribution in [0.2, 0.25) is 5.15 Å². The molecule has 0 bridgehead atoms. The molecule has 3 amide bonds. The van der Waals surface area contributed by atoms with Gasteiger partial charge in [0.25, 0.3) is 5.91 Å². The molecule has 1 aromatic carbocycles. The first-order valence-corrected chi connectivity index (χ1v) is 20.4. The van der Waals surface area contributed by atoms with Gasteiger partial charge in [0.1, 0.15) is 29.0 Å². The highest BCUT2D eigenvalue weighted by atomic mass is 35.5. The van der Waals surface area contributed by atoms with Crippen LogP contribution in [0.5, 0.6) is 5.75 Å². The molecule has 0 saturated carbocycles. The number of carbonyl (C=O) groups excluding carboxylic acids is 3. The molecule has 0 saturated heterocycles. The third-order valence-corrected chi connectivity index (χ3v) is 9.17. The molecule has 0 unspecified atom stereocenters. The van der Waals surface area contributed by atoms with Crippen molar-refractivity contribution in [1.29, 1.82) is 0 Å². The first-order valence-electron chi connectivity index (χ1n) is 20.0. The number of amidine groups is 1. The molecule has 2 atom stereocenters. The molecule has 2 rings (SSSR count). The van der Waals surface area contributed by atoms with E-state index >= 15 is 0 Å². The van der Waals surface area contributed by atoms with Gasteiger partial charge in [0.15, 0.2) is 17.6 Å². The number of ether oxygens (including phenoxy) is 1. The summed E-state index contributed by atoms with van der Waals surface area (Å²) in [5, 5.41) is 5.91. The summed E-state index contributed by atoms with van der Waals surface area (Å²) in [4.78, 5) is 59.2. The Morgan fingerprint density at radius 1 is 0.695 bits per heavy atom. The highest BCUT2D eigenvalue weighted by Gasteiger charge is 2.17. The molecule has 18 N–H and O–H groups in total. The number of hydrogen-bond donors (Lipinski definition) is 10. The number of aromatic nitrogens is 2. The number of hydrogen-bond acceptors (Lipinski definition) is 12. The van der Waals surface area contributed by atoms with E-state index in [1.807, 2.05) is 24.3 Å². The molecule has 1 heterocycles. The molecule has 0 aliphatic rings. The zero-order valence-corrected chi connectivity index (χ0v) is 34.8. The van der Waals surface area contributed by atoms with Crippen molar-refractivity contribution in [3.63, 3.8) is 0 Å². The number of aryl methyl sites for hydroxylation is 1. The Labute approximate surface area is 351 Å². The van der Waals surface area contributed by atoms with Crippen LogP contribution in [0.25, 0.3) is 0 Å². The lowest BCUT2D eigenvalue weighted by molar-refractivity contribution is -0.123. The standard InChI is InChI=1S/C38H65ClN16O4/c39-30-25-53-31(32(54-30)34(43)56)33(42)48-16-4-1-9-26-12-14-27(15-13-26)59-24-23-55(21-7-19-49-35(57)28(40)10-2-5-17-51-37(44)45)22-8-20-50-36(58)29(41)11-3-6-18-52-38(46)47/h12-15,25,28-29H,1-11,16-24,40-41H2,(H2,42,48)(H2,43,56)(H,49,57)(H,50,58)(H4,44,45,51)(H4,46,47,52)/t28-,29+. The molecule has 0 aliphatic heterocycles.